The van der Waals surface area contributed by atoms with Crippen molar-refractivity contribution in [1.82, 2.24) is 20.6 Å². The molecule has 0 spiro atoms. The second kappa shape index (κ2) is 15.5. The Morgan fingerprint density at radius 3 is 1.44 bits per heavy atom. The third-order valence-corrected chi connectivity index (χ3v) is 9.23. The molecule has 8 nitrogen and oxygen atoms in total. The lowest BCUT2D eigenvalue weighted by molar-refractivity contribution is 0.101. The maximum atomic E-state index is 13.4. The van der Waals surface area contributed by atoms with Gasteiger partial charge in [-0.15, -0.1) is 0 Å². The van der Waals surface area contributed by atoms with E-state index < -0.39 is 25.9 Å². The van der Waals surface area contributed by atoms with Gasteiger partial charge in [-0.2, -0.15) is 0 Å². The highest BCUT2D eigenvalue weighted by atomic mass is 19.3. The van der Waals surface area contributed by atoms with Crippen LogP contribution in [0.1, 0.15) is 91.9 Å². The molecule has 0 atom stereocenters. The molecule has 0 bridgehead atoms. The Morgan fingerprint density at radius 2 is 1.08 bits per heavy atom. The van der Waals surface area contributed by atoms with Gasteiger partial charge in [0.05, 0.1) is 13.1 Å². The molecule has 4 aromatic rings. The van der Waals surface area contributed by atoms with Crippen LogP contribution in [0.4, 0.5) is 28.9 Å². The van der Waals surface area contributed by atoms with E-state index in [0.29, 0.717) is 23.2 Å². The van der Waals surface area contributed by atoms with Crippen molar-refractivity contribution in [2.45, 2.75) is 77.3 Å². The van der Waals surface area contributed by atoms with Crippen LogP contribution >= 0.6 is 0 Å². The summed E-state index contributed by atoms with van der Waals surface area (Å²) < 4.78 is 50.5. The van der Waals surface area contributed by atoms with Crippen molar-refractivity contribution in [3.8, 4) is 11.1 Å². The molecule has 0 aliphatic heterocycles. The molecule has 2 aliphatic carbocycles. The van der Waals surface area contributed by atoms with Gasteiger partial charge in [0.1, 0.15) is 11.4 Å². The van der Waals surface area contributed by atoms with Crippen molar-refractivity contribution in [3.05, 3.63) is 106 Å². The molecule has 2 aliphatic rings. The van der Waals surface area contributed by atoms with Crippen LogP contribution in [0.25, 0.3) is 11.1 Å². The first-order valence-corrected chi connectivity index (χ1v) is 16.9. The molecule has 4 N–H and O–H groups in total. The van der Waals surface area contributed by atoms with Crippen LogP contribution in [0.15, 0.2) is 60.9 Å². The average molecular weight is 689 g/mol. The second-order valence-corrected chi connectivity index (χ2v) is 13.0. The highest BCUT2D eigenvalue weighted by molar-refractivity contribution is 6.05. The van der Waals surface area contributed by atoms with Gasteiger partial charge in [-0.1, -0.05) is 24.3 Å². The number of anilines is 2. The molecule has 2 aromatic carbocycles. The molecule has 2 heterocycles. The largest absolute Gasteiger partial charge is 0.320 e. The number of nitrogens with zero attached hydrogens (tertiary/aromatic N) is 2. The van der Waals surface area contributed by atoms with Crippen LogP contribution in [-0.2, 0) is 13.1 Å². The first-order valence-electron chi connectivity index (χ1n) is 16.9. The number of nitrogens with one attached hydrogen (secondary N) is 4. The van der Waals surface area contributed by atoms with Gasteiger partial charge in [-0.25, -0.2) is 17.6 Å². The molecule has 2 aromatic heterocycles. The first-order chi connectivity index (χ1) is 24.1. The smallest absolute Gasteiger partial charge is 0.274 e. The van der Waals surface area contributed by atoms with Gasteiger partial charge in [-0.05, 0) is 120 Å². The van der Waals surface area contributed by atoms with Crippen LogP contribution in [0.5, 0.6) is 0 Å². The summed E-state index contributed by atoms with van der Waals surface area (Å²) in [5.74, 6) is -0.144. The summed E-state index contributed by atoms with van der Waals surface area (Å²) in [5.41, 5.74) is 8.70. The number of amides is 2. The minimum atomic E-state index is -2.44. The zero-order valence-electron chi connectivity index (χ0n) is 28.0. The lowest BCUT2D eigenvalue weighted by atomic mass is 9.94. The van der Waals surface area contributed by atoms with Crippen molar-refractivity contribution in [2.24, 2.45) is 0 Å². The van der Waals surface area contributed by atoms with Gasteiger partial charge in [0.2, 0.25) is 0 Å². The summed E-state index contributed by atoms with van der Waals surface area (Å²) in [4.78, 5) is 35.5. The number of hydrogen-bond donors (Lipinski definition) is 4. The average Bonchev–Trinajstić information content (AvgIpc) is 4.01. The normalized spacial score (nSPS) is 14.3. The molecule has 262 valence electrons. The van der Waals surface area contributed by atoms with Gasteiger partial charge >= 0.3 is 0 Å². The monoisotopic (exact) mass is 688 g/mol. The zero-order valence-corrected chi connectivity index (χ0v) is 28.0. The van der Waals surface area contributed by atoms with Crippen LogP contribution < -0.4 is 21.3 Å². The quantitative estimate of drug-likeness (QED) is 0.0953. The summed E-state index contributed by atoms with van der Waals surface area (Å²) in [7, 11) is 0. The number of carbonyl (C=O) groups is 2. The van der Waals surface area contributed by atoms with E-state index in [0.717, 1.165) is 70.2 Å². The lowest BCUT2D eigenvalue weighted by Crippen LogP contribution is -2.22. The molecule has 2 amide bonds. The minimum Gasteiger partial charge on any atom is -0.320 e. The number of alkyl halides is 4. The highest BCUT2D eigenvalue weighted by Crippen LogP contribution is 2.43. The number of benzene rings is 2. The molecular formula is C38H40F4N6O2. The number of carbonyl (C=O) groups excluding carboxylic acids is 2. The summed E-state index contributed by atoms with van der Waals surface area (Å²) in [6, 6.07) is 14.8. The predicted molar refractivity (Wildman–Crippen MR) is 185 cm³/mol. The van der Waals surface area contributed by atoms with E-state index in [2.05, 4.69) is 31.2 Å². The van der Waals surface area contributed by atoms with E-state index in [1.54, 1.807) is 24.5 Å². The maximum absolute atomic E-state index is 13.4. The van der Waals surface area contributed by atoms with E-state index in [9.17, 15) is 27.2 Å². The first kappa shape index (κ1) is 35.2. The molecule has 0 saturated heterocycles. The van der Waals surface area contributed by atoms with Crippen molar-refractivity contribution in [2.75, 3.05) is 23.7 Å². The number of rotatable bonds is 15. The van der Waals surface area contributed by atoms with Crippen LogP contribution in [0.3, 0.4) is 0 Å². The summed E-state index contributed by atoms with van der Waals surface area (Å²) in [6.07, 6.45) is 2.25. The fourth-order valence-electron chi connectivity index (χ4n) is 6.22. The Morgan fingerprint density at radius 1 is 0.680 bits per heavy atom. The SMILES string of the molecule is Cc1c(NC(=O)c2cc(C3CC3)c(CNCC(F)F)cn2)cccc1-c1cccc(NC(=O)c2cc(C3CC3)c(CNCC(F)F)cn2)c1C. The molecule has 12 heteroatoms. The second-order valence-electron chi connectivity index (χ2n) is 13.0. The highest BCUT2D eigenvalue weighted by Gasteiger charge is 2.29. The van der Waals surface area contributed by atoms with E-state index in [1.807, 2.05) is 50.2 Å². The minimum absolute atomic E-state index is 0.256. The van der Waals surface area contributed by atoms with Crippen molar-refractivity contribution in [1.29, 1.82) is 0 Å². The van der Waals surface area contributed by atoms with Crippen molar-refractivity contribution in [3.63, 3.8) is 0 Å². The number of hydrogen-bond acceptors (Lipinski definition) is 6. The summed E-state index contributed by atoms with van der Waals surface area (Å²) in [6.45, 7) is 3.54. The molecule has 6 rings (SSSR count). The van der Waals surface area contributed by atoms with E-state index in [4.69, 9.17) is 0 Å². The number of halogens is 4. The molecule has 0 radical (unpaired) electrons. The summed E-state index contributed by atoms with van der Waals surface area (Å²) >= 11 is 0. The molecular weight excluding hydrogens is 648 g/mol. The Hall–Kier alpha value is -4.68. The van der Waals surface area contributed by atoms with Crippen LogP contribution in [-0.4, -0.2) is 47.7 Å². The molecule has 2 fully saturated rings. The number of pyridine rings is 2. The Kier molecular flexibility index (Phi) is 10.9. The van der Waals surface area contributed by atoms with Crippen LogP contribution in [0.2, 0.25) is 0 Å². The molecule has 0 unspecified atom stereocenters. The fraction of sp³-hybridized carbons (Fsp3) is 0.368. The molecule has 50 heavy (non-hydrogen) atoms. The van der Waals surface area contributed by atoms with E-state index in [-0.39, 0.29) is 36.3 Å². The van der Waals surface area contributed by atoms with Gasteiger partial charge in [-0.3, -0.25) is 19.6 Å². The maximum Gasteiger partial charge on any atom is 0.274 e. The van der Waals surface area contributed by atoms with Crippen molar-refractivity contribution >= 4 is 23.2 Å². The topological polar surface area (TPSA) is 108 Å². The van der Waals surface area contributed by atoms with Gasteiger partial charge < -0.3 is 21.3 Å². The summed E-state index contributed by atoms with van der Waals surface area (Å²) in [5, 5.41) is 11.5. The Balaban J connectivity index is 1.17. The van der Waals surface area contributed by atoms with Crippen LogP contribution in [0, 0.1) is 13.8 Å². The Bertz CT molecular complexity index is 1740. The standard InChI is InChI=1S/C38H40F4N6O2/c1-21-27(5-3-7-31(21)47-37(49)33-13-29(23-9-10-23)25(17-45-33)15-43-19-35(39)40)28-6-4-8-32(22(28)2)48-38(50)34-14-30(24-11-12-24)26(18-46-34)16-44-20-36(41)42/h3-8,13-14,17-18,23-24,35-36,43-44H,9-12,15-16,19-20H2,1-2H3,(H,47,49)(H,48,50). The third kappa shape index (κ3) is 8.54. The molecule has 2 saturated carbocycles. The zero-order chi connectivity index (χ0) is 35.4. The lowest BCUT2D eigenvalue weighted by Gasteiger charge is -2.17. The van der Waals surface area contributed by atoms with Gasteiger partial charge in [0.15, 0.2) is 0 Å². The van der Waals surface area contributed by atoms with Gasteiger partial charge in [0, 0.05) is 36.9 Å². The Labute approximate surface area is 288 Å². The van der Waals surface area contributed by atoms with Gasteiger partial charge in [0.25, 0.3) is 24.7 Å². The fourth-order valence-corrected chi connectivity index (χ4v) is 6.22. The van der Waals surface area contributed by atoms with E-state index in [1.165, 1.54) is 0 Å². The number of aromatic nitrogens is 2. The van der Waals surface area contributed by atoms with Crippen molar-refractivity contribution < 1.29 is 27.2 Å². The van der Waals surface area contributed by atoms with E-state index >= 15 is 0 Å². The predicted octanol–water partition coefficient (Wildman–Crippen LogP) is 7.73. The third-order valence-electron chi connectivity index (χ3n) is 9.23.